The van der Waals surface area contributed by atoms with E-state index in [1.165, 1.54) is 6.08 Å². The van der Waals surface area contributed by atoms with Crippen LogP contribution < -0.4 is 14.4 Å². The third-order valence-corrected chi connectivity index (χ3v) is 4.65. The van der Waals surface area contributed by atoms with Crippen molar-refractivity contribution in [2.24, 2.45) is 0 Å². The normalized spacial score (nSPS) is 15.4. The molecule has 0 N–H and O–H groups in total. The highest BCUT2D eigenvalue weighted by molar-refractivity contribution is 5.98. The van der Waals surface area contributed by atoms with Crippen LogP contribution in [-0.2, 0) is 20.7 Å². The molecule has 0 spiro atoms. The highest BCUT2D eigenvalue weighted by Crippen LogP contribution is 2.31. The second kappa shape index (κ2) is 8.61. The fourth-order valence-electron chi connectivity index (χ4n) is 3.32. The predicted molar refractivity (Wildman–Crippen MR) is 107 cm³/mol. The SMILES string of the molecule is COc1ccc(OC)c(/C=C/C(=O)OCC(=O)N2c3ccccc3C[C@@H]2C)c1. The molecule has 2 aromatic rings. The Morgan fingerprint density at radius 2 is 1.93 bits per heavy atom. The molecular weight excluding hydrogens is 358 g/mol. The summed E-state index contributed by atoms with van der Waals surface area (Å²) in [7, 11) is 3.11. The average molecular weight is 381 g/mol. The molecule has 146 valence electrons. The third kappa shape index (κ3) is 4.17. The summed E-state index contributed by atoms with van der Waals surface area (Å²) in [4.78, 5) is 26.3. The van der Waals surface area contributed by atoms with E-state index in [0.717, 1.165) is 17.7 Å². The summed E-state index contributed by atoms with van der Waals surface area (Å²) in [5.74, 6) is 0.408. The molecule has 0 bridgehead atoms. The van der Waals surface area contributed by atoms with Crippen LogP contribution in [0.5, 0.6) is 11.5 Å². The van der Waals surface area contributed by atoms with Gasteiger partial charge in [-0.3, -0.25) is 4.79 Å². The summed E-state index contributed by atoms with van der Waals surface area (Å²) in [5, 5.41) is 0. The number of hydrogen-bond donors (Lipinski definition) is 0. The first kappa shape index (κ1) is 19.5. The van der Waals surface area contributed by atoms with Crippen LogP contribution in [0, 0.1) is 0 Å². The number of hydrogen-bond acceptors (Lipinski definition) is 5. The molecule has 3 rings (SSSR count). The largest absolute Gasteiger partial charge is 0.497 e. The Bertz CT molecular complexity index is 906. The van der Waals surface area contributed by atoms with Crippen LogP contribution in [0.4, 0.5) is 5.69 Å². The number of para-hydroxylation sites is 1. The topological polar surface area (TPSA) is 65.1 Å². The number of benzene rings is 2. The van der Waals surface area contributed by atoms with Gasteiger partial charge >= 0.3 is 5.97 Å². The summed E-state index contributed by atoms with van der Waals surface area (Å²) in [6.07, 6.45) is 3.64. The molecule has 2 aromatic carbocycles. The van der Waals surface area contributed by atoms with Crippen LogP contribution >= 0.6 is 0 Å². The zero-order chi connectivity index (χ0) is 20.1. The lowest BCUT2D eigenvalue weighted by molar-refractivity contribution is -0.143. The number of nitrogens with zero attached hydrogens (tertiary/aromatic N) is 1. The van der Waals surface area contributed by atoms with Crippen LogP contribution in [0.15, 0.2) is 48.5 Å². The molecule has 0 fully saturated rings. The van der Waals surface area contributed by atoms with Crippen LogP contribution in [0.3, 0.4) is 0 Å². The molecule has 1 aliphatic rings. The van der Waals surface area contributed by atoms with Crippen molar-refractivity contribution >= 4 is 23.6 Å². The lowest BCUT2D eigenvalue weighted by Crippen LogP contribution is -2.38. The number of esters is 1. The van der Waals surface area contributed by atoms with E-state index in [1.54, 1.807) is 43.4 Å². The summed E-state index contributed by atoms with van der Waals surface area (Å²) >= 11 is 0. The number of anilines is 1. The monoisotopic (exact) mass is 381 g/mol. The summed E-state index contributed by atoms with van der Waals surface area (Å²) in [6, 6.07) is 13.1. The van der Waals surface area contributed by atoms with Gasteiger partial charge in [0.25, 0.3) is 5.91 Å². The van der Waals surface area contributed by atoms with Gasteiger partial charge in [0.15, 0.2) is 6.61 Å². The second-order valence-corrected chi connectivity index (χ2v) is 6.49. The van der Waals surface area contributed by atoms with E-state index >= 15 is 0 Å². The lowest BCUT2D eigenvalue weighted by Gasteiger charge is -2.22. The van der Waals surface area contributed by atoms with Crippen molar-refractivity contribution in [1.29, 1.82) is 0 Å². The van der Waals surface area contributed by atoms with E-state index in [-0.39, 0.29) is 18.6 Å². The molecule has 0 unspecified atom stereocenters. The Balaban J connectivity index is 1.62. The molecule has 1 aliphatic heterocycles. The van der Waals surface area contributed by atoms with Gasteiger partial charge in [0.05, 0.1) is 14.2 Å². The van der Waals surface area contributed by atoms with Crippen molar-refractivity contribution in [2.75, 3.05) is 25.7 Å². The van der Waals surface area contributed by atoms with E-state index in [0.29, 0.717) is 17.1 Å². The molecule has 6 nitrogen and oxygen atoms in total. The van der Waals surface area contributed by atoms with Gasteiger partial charge < -0.3 is 19.1 Å². The van der Waals surface area contributed by atoms with Crippen molar-refractivity contribution in [3.05, 3.63) is 59.7 Å². The van der Waals surface area contributed by atoms with Gasteiger partial charge in [-0.2, -0.15) is 0 Å². The van der Waals surface area contributed by atoms with Gasteiger partial charge in [0, 0.05) is 23.4 Å². The number of rotatable bonds is 6. The quantitative estimate of drug-likeness (QED) is 0.568. The maximum atomic E-state index is 12.6. The molecule has 0 saturated carbocycles. The van der Waals surface area contributed by atoms with E-state index in [9.17, 15) is 9.59 Å². The Kier molecular flexibility index (Phi) is 5.99. The number of carbonyl (C=O) groups excluding carboxylic acids is 2. The molecule has 0 aliphatic carbocycles. The first-order valence-electron chi connectivity index (χ1n) is 9.00. The number of amides is 1. The third-order valence-electron chi connectivity index (χ3n) is 4.65. The van der Waals surface area contributed by atoms with Crippen molar-refractivity contribution < 1.29 is 23.8 Å². The smallest absolute Gasteiger partial charge is 0.331 e. The van der Waals surface area contributed by atoms with Crippen molar-refractivity contribution in [3.63, 3.8) is 0 Å². The molecule has 0 aromatic heterocycles. The number of fused-ring (bicyclic) bond motifs is 1. The first-order chi connectivity index (χ1) is 13.5. The number of ether oxygens (including phenoxy) is 3. The van der Waals surface area contributed by atoms with Gasteiger partial charge in [-0.1, -0.05) is 18.2 Å². The molecule has 0 radical (unpaired) electrons. The van der Waals surface area contributed by atoms with Gasteiger partial charge in [-0.15, -0.1) is 0 Å². The molecule has 1 atom stereocenters. The van der Waals surface area contributed by atoms with Crippen molar-refractivity contribution in [3.8, 4) is 11.5 Å². The van der Waals surface area contributed by atoms with Crippen molar-refractivity contribution in [1.82, 2.24) is 0 Å². The molecule has 1 heterocycles. The Morgan fingerprint density at radius 3 is 2.68 bits per heavy atom. The van der Waals surface area contributed by atoms with Gasteiger partial charge in [-0.25, -0.2) is 4.79 Å². The van der Waals surface area contributed by atoms with Crippen LogP contribution in [0.1, 0.15) is 18.1 Å². The van der Waals surface area contributed by atoms with E-state index in [4.69, 9.17) is 14.2 Å². The predicted octanol–water partition coefficient (Wildman–Crippen LogP) is 3.24. The Hall–Kier alpha value is -3.28. The highest BCUT2D eigenvalue weighted by atomic mass is 16.5. The Morgan fingerprint density at radius 1 is 1.14 bits per heavy atom. The van der Waals surface area contributed by atoms with E-state index in [1.807, 2.05) is 31.2 Å². The Labute approximate surface area is 164 Å². The van der Waals surface area contributed by atoms with Crippen molar-refractivity contribution in [2.45, 2.75) is 19.4 Å². The maximum absolute atomic E-state index is 12.6. The molecule has 28 heavy (non-hydrogen) atoms. The molecule has 1 amide bonds. The number of methoxy groups -OCH3 is 2. The fourth-order valence-corrected chi connectivity index (χ4v) is 3.32. The molecule has 0 saturated heterocycles. The number of carbonyl (C=O) groups is 2. The minimum Gasteiger partial charge on any atom is -0.497 e. The highest BCUT2D eigenvalue weighted by Gasteiger charge is 2.30. The van der Waals surface area contributed by atoms with Crippen LogP contribution in [-0.4, -0.2) is 38.7 Å². The zero-order valence-corrected chi connectivity index (χ0v) is 16.2. The fraction of sp³-hybridized carbons (Fsp3) is 0.273. The maximum Gasteiger partial charge on any atom is 0.331 e. The standard InChI is InChI=1S/C22H23NO5/c1-15-12-16-6-4-5-7-19(16)23(15)21(24)14-28-22(25)11-8-17-13-18(26-2)9-10-20(17)27-3/h4-11,13,15H,12,14H2,1-3H3/b11-8+/t15-/m0/s1. The molecule has 6 heteroatoms. The second-order valence-electron chi connectivity index (χ2n) is 6.49. The van der Waals surface area contributed by atoms with Gasteiger partial charge in [0.2, 0.25) is 0 Å². The van der Waals surface area contributed by atoms with Crippen LogP contribution in [0.25, 0.3) is 6.08 Å². The summed E-state index contributed by atoms with van der Waals surface area (Å²) in [6.45, 7) is 1.67. The zero-order valence-electron chi connectivity index (χ0n) is 16.2. The summed E-state index contributed by atoms with van der Waals surface area (Å²) < 4.78 is 15.6. The van der Waals surface area contributed by atoms with Gasteiger partial charge in [0.1, 0.15) is 11.5 Å². The summed E-state index contributed by atoms with van der Waals surface area (Å²) in [5.41, 5.74) is 2.68. The lowest BCUT2D eigenvalue weighted by atomic mass is 10.1. The van der Waals surface area contributed by atoms with Gasteiger partial charge in [-0.05, 0) is 49.2 Å². The van der Waals surface area contributed by atoms with Crippen LogP contribution in [0.2, 0.25) is 0 Å². The average Bonchev–Trinajstić information content (AvgIpc) is 3.05. The van der Waals surface area contributed by atoms with E-state index < -0.39 is 5.97 Å². The minimum atomic E-state index is -0.599. The first-order valence-corrected chi connectivity index (χ1v) is 9.00. The molecular formula is C22H23NO5. The minimum absolute atomic E-state index is 0.0418. The van der Waals surface area contributed by atoms with E-state index in [2.05, 4.69) is 0 Å².